The summed E-state index contributed by atoms with van der Waals surface area (Å²) in [5.41, 5.74) is 3.18. The highest BCUT2D eigenvalue weighted by Gasteiger charge is 2.13. The van der Waals surface area contributed by atoms with Gasteiger partial charge in [-0.15, -0.1) is 24.0 Å². The summed E-state index contributed by atoms with van der Waals surface area (Å²) in [6.07, 6.45) is 2.40. The van der Waals surface area contributed by atoms with Gasteiger partial charge in [-0.25, -0.2) is 4.99 Å². The van der Waals surface area contributed by atoms with Crippen LogP contribution < -0.4 is 16.0 Å². The zero-order valence-electron chi connectivity index (χ0n) is 17.5. The van der Waals surface area contributed by atoms with Gasteiger partial charge in [0, 0.05) is 25.1 Å². The van der Waals surface area contributed by atoms with Gasteiger partial charge in [0.25, 0.3) is 0 Å². The molecule has 0 spiro atoms. The van der Waals surface area contributed by atoms with Crippen LogP contribution in [0.1, 0.15) is 43.4 Å². The van der Waals surface area contributed by atoms with Crippen LogP contribution in [-0.2, 0) is 30.6 Å². The van der Waals surface area contributed by atoms with Crippen LogP contribution in [0.3, 0.4) is 0 Å². The first-order valence-electron chi connectivity index (χ1n) is 9.96. The summed E-state index contributed by atoms with van der Waals surface area (Å²) < 4.78 is 5.38. The molecular weight excluding hydrogens is 481 g/mol. The van der Waals surface area contributed by atoms with Crippen LogP contribution in [0.4, 0.5) is 0 Å². The van der Waals surface area contributed by atoms with Crippen molar-refractivity contribution in [3.63, 3.8) is 0 Å². The molecule has 3 N–H and O–H groups in total. The molecule has 1 amide bonds. The van der Waals surface area contributed by atoms with Crippen molar-refractivity contribution in [2.75, 3.05) is 19.6 Å². The Morgan fingerprint density at radius 3 is 2.48 bits per heavy atom. The fourth-order valence-electron chi connectivity index (χ4n) is 2.83. The minimum Gasteiger partial charge on any atom is -0.361 e. The van der Waals surface area contributed by atoms with Crippen molar-refractivity contribution in [2.45, 2.75) is 46.6 Å². The van der Waals surface area contributed by atoms with E-state index in [0.29, 0.717) is 25.6 Å². The van der Waals surface area contributed by atoms with Crippen molar-refractivity contribution in [3.8, 4) is 0 Å². The number of guanidine groups is 1. The second-order valence-electron chi connectivity index (χ2n) is 6.37. The lowest BCUT2D eigenvalue weighted by molar-refractivity contribution is -0.119. The molecular formula is C21H32IN5O2. The Balaban J connectivity index is 0.00000420. The predicted octanol–water partition coefficient (Wildman–Crippen LogP) is 2.83. The van der Waals surface area contributed by atoms with E-state index in [2.05, 4.69) is 38.2 Å². The van der Waals surface area contributed by atoms with Crippen molar-refractivity contribution >= 4 is 35.8 Å². The Morgan fingerprint density at radius 1 is 1.07 bits per heavy atom. The molecule has 2 rings (SSSR count). The van der Waals surface area contributed by atoms with Crippen LogP contribution in [0.2, 0.25) is 0 Å². The summed E-state index contributed by atoms with van der Waals surface area (Å²) in [7, 11) is 0. The number of carbonyl (C=O) groups is 1. The maximum Gasteiger partial charge on any atom is 0.239 e. The number of halogens is 1. The molecule has 29 heavy (non-hydrogen) atoms. The number of amides is 1. The van der Waals surface area contributed by atoms with Gasteiger partial charge in [-0.3, -0.25) is 4.79 Å². The van der Waals surface area contributed by atoms with Crippen molar-refractivity contribution in [1.29, 1.82) is 0 Å². The van der Waals surface area contributed by atoms with E-state index in [-0.39, 0.29) is 36.4 Å². The van der Waals surface area contributed by atoms with Crippen molar-refractivity contribution in [2.24, 2.45) is 4.99 Å². The lowest BCUT2D eigenvalue weighted by atomic mass is 10.1. The summed E-state index contributed by atoms with van der Waals surface area (Å²) in [5.74, 6) is 1.41. The second-order valence-corrected chi connectivity index (χ2v) is 6.37. The first-order valence-corrected chi connectivity index (χ1v) is 9.96. The molecule has 0 saturated heterocycles. The fraction of sp³-hybridized carbons (Fsp3) is 0.476. The van der Waals surface area contributed by atoms with Crippen molar-refractivity contribution < 1.29 is 9.32 Å². The molecule has 0 saturated carbocycles. The molecule has 0 atom stereocenters. The highest BCUT2D eigenvalue weighted by molar-refractivity contribution is 14.0. The maximum atomic E-state index is 12.1. The highest BCUT2D eigenvalue weighted by Crippen LogP contribution is 2.16. The third-order valence-electron chi connectivity index (χ3n) is 4.34. The zero-order chi connectivity index (χ0) is 20.2. The minimum absolute atomic E-state index is 0. The number of aliphatic imine (C=N–C) groups is 1. The highest BCUT2D eigenvalue weighted by atomic mass is 127. The molecule has 1 heterocycles. The van der Waals surface area contributed by atoms with E-state index < -0.39 is 0 Å². The smallest absolute Gasteiger partial charge is 0.239 e. The van der Waals surface area contributed by atoms with Gasteiger partial charge in [-0.05, 0) is 25.3 Å². The van der Waals surface area contributed by atoms with Crippen LogP contribution >= 0.6 is 24.0 Å². The van der Waals surface area contributed by atoms with Crippen molar-refractivity contribution in [3.05, 3.63) is 52.9 Å². The van der Waals surface area contributed by atoms with E-state index in [9.17, 15) is 4.79 Å². The van der Waals surface area contributed by atoms with Crippen LogP contribution in [-0.4, -0.2) is 36.7 Å². The van der Waals surface area contributed by atoms with E-state index in [1.54, 1.807) is 0 Å². The first-order chi connectivity index (χ1) is 13.7. The maximum absolute atomic E-state index is 12.1. The number of aryl methyl sites for hydroxylation is 2. The summed E-state index contributed by atoms with van der Waals surface area (Å²) in [6.45, 7) is 8.05. The number of carbonyl (C=O) groups excluding carboxylic acids is 1. The number of benzene rings is 1. The molecule has 0 aliphatic heterocycles. The fourth-order valence-corrected chi connectivity index (χ4v) is 2.83. The predicted molar refractivity (Wildman–Crippen MR) is 127 cm³/mol. The van der Waals surface area contributed by atoms with Crippen LogP contribution in [0, 0.1) is 0 Å². The van der Waals surface area contributed by atoms with E-state index >= 15 is 0 Å². The largest absolute Gasteiger partial charge is 0.361 e. The second kappa shape index (κ2) is 14.0. The molecule has 0 fully saturated rings. The number of rotatable bonds is 10. The molecule has 1 aromatic carbocycles. The topological polar surface area (TPSA) is 91.6 Å². The summed E-state index contributed by atoms with van der Waals surface area (Å²) in [6, 6.07) is 10.1. The number of hydrogen-bond acceptors (Lipinski definition) is 4. The quantitative estimate of drug-likeness (QED) is 0.258. The Kier molecular flexibility index (Phi) is 12.0. The van der Waals surface area contributed by atoms with Gasteiger partial charge in [0.2, 0.25) is 5.91 Å². The first kappa shape index (κ1) is 24.9. The molecule has 160 valence electrons. The van der Waals surface area contributed by atoms with E-state index in [0.717, 1.165) is 36.3 Å². The monoisotopic (exact) mass is 513 g/mol. The molecule has 1 aromatic heterocycles. The van der Waals surface area contributed by atoms with E-state index in [1.165, 1.54) is 5.56 Å². The summed E-state index contributed by atoms with van der Waals surface area (Å²) >= 11 is 0. The van der Waals surface area contributed by atoms with Gasteiger partial charge in [0.05, 0.1) is 18.8 Å². The van der Waals surface area contributed by atoms with Crippen LogP contribution in [0.5, 0.6) is 0 Å². The van der Waals surface area contributed by atoms with Crippen LogP contribution in [0.25, 0.3) is 0 Å². The lowest BCUT2D eigenvalue weighted by Crippen LogP contribution is -2.43. The average Bonchev–Trinajstić information content (AvgIpc) is 3.13. The van der Waals surface area contributed by atoms with E-state index in [1.807, 2.05) is 39.0 Å². The van der Waals surface area contributed by atoms with Gasteiger partial charge in [-0.1, -0.05) is 49.3 Å². The summed E-state index contributed by atoms with van der Waals surface area (Å²) in [4.78, 5) is 16.7. The van der Waals surface area contributed by atoms with Gasteiger partial charge in [0.1, 0.15) is 5.76 Å². The molecule has 2 aromatic rings. The van der Waals surface area contributed by atoms with Gasteiger partial charge >= 0.3 is 0 Å². The Bertz CT molecular complexity index is 740. The number of nitrogens with one attached hydrogen (secondary N) is 3. The van der Waals surface area contributed by atoms with Gasteiger partial charge < -0.3 is 20.5 Å². The van der Waals surface area contributed by atoms with Crippen molar-refractivity contribution in [1.82, 2.24) is 21.1 Å². The van der Waals surface area contributed by atoms with Gasteiger partial charge in [0.15, 0.2) is 5.96 Å². The number of nitrogens with zero attached hydrogens (tertiary/aromatic N) is 2. The number of hydrogen-bond donors (Lipinski definition) is 3. The molecule has 0 unspecified atom stereocenters. The molecule has 7 nitrogen and oxygen atoms in total. The van der Waals surface area contributed by atoms with Gasteiger partial charge in [-0.2, -0.15) is 0 Å². The average molecular weight is 513 g/mol. The normalized spacial score (nSPS) is 10.9. The standard InChI is InChI=1S/C21H31N5O2.HI/c1-4-18-17(19(5-2)28-26-18)14-24-21(22-6-3)25-15-20(27)23-13-12-16-10-8-7-9-11-16;/h7-11H,4-6,12-15H2,1-3H3,(H,23,27)(H2,22,24,25);1H. The minimum atomic E-state index is -0.0602. The SMILES string of the molecule is CCNC(=NCc1c(CC)noc1CC)NCC(=O)NCCc1ccccc1.I. The zero-order valence-corrected chi connectivity index (χ0v) is 19.8. The summed E-state index contributed by atoms with van der Waals surface area (Å²) in [5, 5.41) is 13.3. The molecule has 8 heteroatoms. The van der Waals surface area contributed by atoms with Crippen LogP contribution in [0.15, 0.2) is 39.8 Å². The Morgan fingerprint density at radius 2 is 1.83 bits per heavy atom. The number of aromatic nitrogens is 1. The third-order valence-corrected chi connectivity index (χ3v) is 4.34. The molecule has 0 aliphatic rings. The molecule has 0 radical (unpaired) electrons. The van der Waals surface area contributed by atoms with E-state index in [4.69, 9.17) is 4.52 Å². The Hall–Kier alpha value is -2.10. The lowest BCUT2D eigenvalue weighted by Gasteiger charge is -2.11. The molecule has 0 aliphatic carbocycles. The Labute approximate surface area is 190 Å². The molecule has 0 bridgehead atoms. The third kappa shape index (κ3) is 8.43.